The van der Waals surface area contributed by atoms with E-state index in [1.165, 1.54) is 12.1 Å². The summed E-state index contributed by atoms with van der Waals surface area (Å²) in [6, 6.07) is 3.75. The van der Waals surface area contributed by atoms with Gasteiger partial charge in [0.15, 0.2) is 11.6 Å². The Hall–Kier alpha value is -1.13. The van der Waals surface area contributed by atoms with Gasteiger partial charge in [0.05, 0.1) is 6.10 Å². The Kier molecular flexibility index (Phi) is 3.85. The second-order valence-corrected chi connectivity index (χ2v) is 3.09. The smallest absolute Gasteiger partial charge is 0.165 e. The number of phenols is 1. The number of benzene rings is 1. The summed E-state index contributed by atoms with van der Waals surface area (Å²) in [4.78, 5) is 0. The van der Waals surface area contributed by atoms with Gasteiger partial charge in [-0.15, -0.1) is 0 Å². The van der Waals surface area contributed by atoms with Gasteiger partial charge in [-0.2, -0.15) is 0 Å². The second-order valence-electron chi connectivity index (χ2n) is 3.09. The van der Waals surface area contributed by atoms with Gasteiger partial charge in [0.25, 0.3) is 0 Å². The SMILES string of the molecule is OCCC[C@H](O)c1ccc(O)c(F)c1. The van der Waals surface area contributed by atoms with E-state index in [-0.39, 0.29) is 6.61 Å². The van der Waals surface area contributed by atoms with Crippen molar-refractivity contribution in [1.29, 1.82) is 0 Å². The quantitative estimate of drug-likeness (QED) is 0.687. The van der Waals surface area contributed by atoms with Gasteiger partial charge in [-0.25, -0.2) is 4.39 Å². The third kappa shape index (κ3) is 2.68. The van der Waals surface area contributed by atoms with Crippen molar-refractivity contribution >= 4 is 0 Å². The standard InChI is InChI=1S/C10H13FO3/c11-8-6-7(3-4-10(8)14)9(13)2-1-5-12/h3-4,6,9,12-14H,1-2,5H2/t9-/m0/s1. The number of hydrogen-bond acceptors (Lipinski definition) is 3. The summed E-state index contributed by atoms with van der Waals surface area (Å²) < 4.78 is 12.9. The fourth-order valence-electron chi connectivity index (χ4n) is 1.18. The number of aliphatic hydroxyl groups is 2. The summed E-state index contributed by atoms with van der Waals surface area (Å²) in [5.41, 5.74) is 0.411. The molecule has 4 heteroatoms. The Bertz CT molecular complexity index is 301. The van der Waals surface area contributed by atoms with Gasteiger partial charge in [0.1, 0.15) is 0 Å². The van der Waals surface area contributed by atoms with Crippen molar-refractivity contribution in [3.05, 3.63) is 29.6 Å². The van der Waals surface area contributed by atoms with E-state index in [2.05, 4.69) is 0 Å². The minimum absolute atomic E-state index is 0.00236. The molecule has 1 rings (SSSR count). The molecular formula is C10H13FO3. The zero-order chi connectivity index (χ0) is 10.6. The van der Waals surface area contributed by atoms with Crippen molar-refractivity contribution in [1.82, 2.24) is 0 Å². The molecule has 0 spiro atoms. The lowest BCUT2D eigenvalue weighted by Crippen LogP contribution is -1.99. The first kappa shape index (κ1) is 10.9. The van der Waals surface area contributed by atoms with Crippen molar-refractivity contribution in [3.63, 3.8) is 0 Å². The Balaban J connectivity index is 2.70. The van der Waals surface area contributed by atoms with Crippen LogP contribution < -0.4 is 0 Å². The van der Waals surface area contributed by atoms with Crippen LogP contribution in [0.15, 0.2) is 18.2 Å². The van der Waals surface area contributed by atoms with Gasteiger partial charge in [0.2, 0.25) is 0 Å². The Morgan fingerprint density at radius 2 is 2.07 bits per heavy atom. The van der Waals surface area contributed by atoms with Gasteiger partial charge in [-0.3, -0.25) is 0 Å². The highest BCUT2D eigenvalue weighted by Crippen LogP contribution is 2.23. The van der Waals surface area contributed by atoms with E-state index in [0.717, 1.165) is 6.07 Å². The predicted octanol–water partition coefficient (Wildman–Crippen LogP) is 1.34. The molecule has 14 heavy (non-hydrogen) atoms. The third-order valence-electron chi connectivity index (χ3n) is 1.99. The predicted molar refractivity (Wildman–Crippen MR) is 49.3 cm³/mol. The first-order valence-corrected chi connectivity index (χ1v) is 4.42. The van der Waals surface area contributed by atoms with E-state index in [0.29, 0.717) is 18.4 Å². The monoisotopic (exact) mass is 200 g/mol. The average molecular weight is 200 g/mol. The number of phenolic OH excluding ortho intramolecular Hbond substituents is 1. The molecule has 78 valence electrons. The van der Waals surface area contributed by atoms with Gasteiger partial charge in [-0.05, 0) is 30.5 Å². The highest BCUT2D eigenvalue weighted by molar-refractivity contribution is 5.29. The van der Waals surface area contributed by atoms with Gasteiger partial charge in [-0.1, -0.05) is 6.07 Å². The largest absolute Gasteiger partial charge is 0.505 e. The molecule has 0 aliphatic heterocycles. The molecule has 0 heterocycles. The molecule has 0 aliphatic carbocycles. The van der Waals surface area contributed by atoms with Crippen molar-refractivity contribution in [3.8, 4) is 5.75 Å². The maximum absolute atomic E-state index is 12.9. The highest BCUT2D eigenvalue weighted by atomic mass is 19.1. The summed E-state index contributed by atoms with van der Waals surface area (Å²) in [6.45, 7) is -0.00236. The van der Waals surface area contributed by atoms with Gasteiger partial charge < -0.3 is 15.3 Å². The lowest BCUT2D eigenvalue weighted by atomic mass is 10.0. The minimum Gasteiger partial charge on any atom is -0.505 e. The van der Waals surface area contributed by atoms with E-state index in [1.54, 1.807) is 0 Å². The summed E-state index contributed by atoms with van der Waals surface area (Å²) in [7, 11) is 0. The Labute approximate surface area is 81.4 Å². The Morgan fingerprint density at radius 3 is 2.64 bits per heavy atom. The van der Waals surface area contributed by atoms with Crippen molar-refractivity contribution in [2.24, 2.45) is 0 Å². The van der Waals surface area contributed by atoms with Gasteiger partial charge >= 0.3 is 0 Å². The summed E-state index contributed by atoms with van der Waals surface area (Å²) in [5.74, 6) is -1.17. The molecule has 1 aromatic carbocycles. The molecule has 0 unspecified atom stereocenters. The number of aliphatic hydroxyl groups excluding tert-OH is 2. The fourth-order valence-corrected chi connectivity index (χ4v) is 1.18. The summed E-state index contributed by atoms with van der Waals surface area (Å²) in [5, 5.41) is 26.9. The van der Waals surface area contributed by atoms with Crippen molar-refractivity contribution < 1.29 is 19.7 Å². The number of rotatable bonds is 4. The molecule has 3 N–H and O–H groups in total. The molecule has 0 fully saturated rings. The van der Waals surface area contributed by atoms with Crippen LogP contribution in [0.2, 0.25) is 0 Å². The number of halogens is 1. The summed E-state index contributed by atoms with van der Waals surface area (Å²) in [6.07, 6.45) is 0.0435. The maximum Gasteiger partial charge on any atom is 0.165 e. The molecular weight excluding hydrogens is 187 g/mol. The van der Waals surface area contributed by atoms with Crippen LogP contribution in [0.3, 0.4) is 0 Å². The topological polar surface area (TPSA) is 60.7 Å². The first-order valence-electron chi connectivity index (χ1n) is 4.42. The van der Waals surface area contributed by atoms with Crippen LogP contribution in [0.1, 0.15) is 24.5 Å². The molecule has 1 atom stereocenters. The molecule has 0 amide bonds. The van der Waals surface area contributed by atoms with E-state index < -0.39 is 17.7 Å². The lowest BCUT2D eigenvalue weighted by molar-refractivity contribution is 0.151. The van der Waals surface area contributed by atoms with Crippen LogP contribution in [0.5, 0.6) is 5.75 Å². The molecule has 0 aromatic heterocycles. The second kappa shape index (κ2) is 4.93. The van der Waals surface area contributed by atoms with Crippen LogP contribution in [0.4, 0.5) is 4.39 Å². The lowest BCUT2D eigenvalue weighted by Gasteiger charge is -2.10. The van der Waals surface area contributed by atoms with Gasteiger partial charge in [0, 0.05) is 6.61 Å². The zero-order valence-corrected chi connectivity index (χ0v) is 7.65. The molecule has 1 aromatic rings. The molecule has 0 saturated heterocycles. The van der Waals surface area contributed by atoms with Crippen LogP contribution >= 0.6 is 0 Å². The van der Waals surface area contributed by atoms with Crippen LogP contribution in [0.25, 0.3) is 0 Å². The van der Waals surface area contributed by atoms with Crippen molar-refractivity contribution in [2.75, 3.05) is 6.61 Å². The molecule has 0 radical (unpaired) electrons. The normalized spacial score (nSPS) is 12.8. The average Bonchev–Trinajstić information content (AvgIpc) is 2.18. The van der Waals surface area contributed by atoms with E-state index in [1.807, 2.05) is 0 Å². The van der Waals surface area contributed by atoms with E-state index in [9.17, 15) is 9.50 Å². The third-order valence-corrected chi connectivity index (χ3v) is 1.99. The Morgan fingerprint density at radius 1 is 1.36 bits per heavy atom. The number of hydrogen-bond donors (Lipinski definition) is 3. The zero-order valence-electron chi connectivity index (χ0n) is 7.65. The number of aromatic hydroxyl groups is 1. The molecule has 0 saturated carbocycles. The minimum atomic E-state index is -0.794. The fraction of sp³-hybridized carbons (Fsp3) is 0.400. The molecule has 0 bridgehead atoms. The summed E-state index contributed by atoms with van der Waals surface area (Å²) >= 11 is 0. The van der Waals surface area contributed by atoms with Crippen LogP contribution in [-0.4, -0.2) is 21.9 Å². The molecule has 0 aliphatic rings. The molecule has 3 nitrogen and oxygen atoms in total. The highest BCUT2D eigenvalue weighted by Gasteiger charge is 2.09. The van der Waals surface area contributed by atoms with Crippen LogP contribution in [-0.2, 0) is 0 Å². The van der Waals surface area contributed by atoms with Crippen molar-refractivity contribution in [2.45, 2.75) is 18.9 Å². The first-order chi connectivity index (χ1) is 6.65. The van der Waals surface area contributed by atoms with E-state index >= 15 is 0 Å². The van der Waals surface area contributed by atoms with E-state index in [4.69, 9.17) is 10.2 Å². The van der Waals surface area contributed by atoms with Crippen LogP contribution in [0, 0.1) is 5.82 Å². The maximum atomic E-state index is 12.9.